The Morgan fingerprint density at radius 2 is 2.19 bits per heavy atom. The van der Waals surface area contributed by atoms with Crippen molar-refractivity contribution in [2.24, 2.45) is 0 Å². The van der Waals surface area contributed by atoms with E-state index in [0.29, 0.717) is 27.0 Å². The van der Waals surface area contributed by atoms with Crippen molar-refractivity contribution in [3.05, 3.63) is 39.7 Å². The fraction of sp³-hybridized carbons (Fsp3) is 0.312. The molecule has 1 N–H and O–H groups in total. The number of benzene rings is 1. The molecule has 0 atom stereocenters. The average Bonchev–Trinajstić information content (AvgIpc) is 3.30. The Kier molecular flexibility index (Phi) is 6.64. The van der Waals surface area contributed by atoms with Crippen LogP contribution in [0.1, 0.15) is 23.4 Å². The highest BCUT2D eigenvalue weighted by Gasteiger charge is 2.12. The Hall–Kier alpha value is -2.17. The van der Waals surface area contributed by atoms with E-state index in [4.69, 9.17) is 20.8 Å². The quantitative estimate of drug-likeness (QED) is 0.544. The molecule has 27 heavy (non-hydrogen) atoms. The Balaban J connectivity index is 1.45. The van der Waals surface area contributed by atoms with E-state index in [1.165, 1.54) is 11.3 Å². The summed E-state index contributed by atoms with van der Waals surface area (Å²) in [6.45, 7) is 4.00. The van der Waals surface area contributed by atoms with Crippen molar-refractivity contribution in [2.75, 3.05) is 11.1 Å². The second-order valence-corrected chi connectivity index (χ2v) is 7.75. The molecule has 1 aromatic carbocycles. The largest absolute Gasteiger partial charge is 0.484 e. The maximum atomic E-state index is 11.9. The zero-order valence-electron chi connectivity index (χ0n) is 14.6. The lowest BCUT2D eigenvalue weighted by Gasteiger charge is -2.05. The predicted octanol–water partition coefficient (Wildman–Crippen LogP) is 3.76. The van der Waals surface area contributed by atoms with Crippen molar-refractivity contribution >= 4 is 45.7 Å². The third-order valence-electron chi connectivity index (χ3n) is 3.28. The highest BCUT2D eigenvalue weighted by molar-refractivity contribution is 7.99. The van der Waals surface area contributed by atoms with Crippen LogP contribution in [0.25, 0.3) is 0 Å². The number of ether oxygens (including phenoxy) is 1. The van der Waals surface area contributed by atoms with Gasteiger partial charge in [0.1, 0.15) is 10.8 Å². The molecule has 1 amide bonds. The minimum atomic E-state index is -0.216. The van der Waals surface area contributed by atoms with Crippen LogP contribution in [0, 0.1) is 6.92 Å². The second-order valence-electron chi connectivity index (χ2n) is 5.35. The second kappa shape index (κ2) is 9.16. The fourth-order valence-electron chi connectivity index (χ4n) is 1.94. The molecule has 3 aromatic rings. The molecule has 0 aliphatic carbocycles. The highest BCUT2D eigenvalue weighted by Crippen LogP contribution is 2.23. The summed E-state index contributed by atoms with van der Waals surface area (Å²) in [7, 11) is 0. The number of nitrogens with one attached hydrogen (secondary N) is 1. The van der Waals surface area contributed by atoms with Gasteiger partial charge in [0, 0.05) is 5.02 Å². The van der Waals surface area contributed by atoms with E-state index < -0.39 is 0 Å². The number of aryl methyl sites for hydroxylation is 2. The average molecular weight is 426 g/mol. The van der Waals surface area contributed by atoms with Gasteiger partial charge in [-0.05, 0) is 37.1 Å². The van der Waals surface area contributed by atoms with Gasteiger partial charge in [0.15, 0.2) is 6.61 Å². The molecule has 8 nitrogen and oxygen atoms in total. The van der Waals surface area contributed by atoms with Crippen LogP contribution in [-0.2, 0) is 17.8 Å². The molecule has 2 heterocycles. The molecular weight excluding hydrogens is 410 g/mol. The van der Waals surface area contributed by atoms with E-state index in [0.717, 1.165) is 28.8 Å². The highest BCUT2D eigenvalue weighted by atomic mass is 35.5. The van der Waals surface area contributed by atoms with E-state index in [1.807, 2.05) is 19.9 Å². The minimum absolute atomic E-state index is 0.125. The SMILES string of the molecule is CCc1nnc(NC(=O)CSc2nnc(COc3ccc(Cl)c(C)c3)o2)s1. The number of halogens is 1. The van der Waals surface area contributed by atoms with Crippen molar-refractivity contribution in [1.29, 1.82) is 0 Å². The van der Waals surface area contributed by atoms with Gasteiger partial charge >= 0.3 is 0 Å². The first-order valence-electron chi connectivity index (χ1n) is 8.00. The molecule has 142 valence electrons. The number of rotatable bonds is 8. The summed E-state index contributed by atoms with van der Waals surface area (Å²) in [6.07, 6.45) is 0.782. The topological polar surface area (TPSA) is 103 Å². The van der Waals surface area contributed by atoms with Gasteiger partial charge in [-0.1, -0.05) is 41.6 Å². The molecular formula is C16H16ClN5O3S2. The molecule has 0 aliphatic rings. The van der Waals surface area contributed by atoms with E-state index in [2.05, 4.69) is 25.7 Å². The summed E-state index contributed by atoms with van der Waals surface area (Å²) < 4.78 is 11.1. The van der Waals surface area contributed by atoms with Gasteiger partial charge in [0.25, 0.3) is 11.1 Å². The molecule has 0 bridgehead atoms. The van der Waals surface area contributed by atoms with Gasteiger partial charge in [0.2, 0.25) is 11.0 Å². The molecule has 0 fully saturated rings. The zero-order chi connectivity index (χ0) is 19.2. The predicted molar refractivity (Wildman–Crippen MR) is 103 cm³/mol. The summed E-state index contributed by atoms with van der Waals surface area (Å²) in [4.78, 5) is 11.9. The summed E-state index contributed by atoms with van der Waals surface area (Å²) in [5, 5.41) is 20.7. The number of amides is 1. The number of hydrogen-bond donors (Lipinski definition) is 1. The Bertz CT molecular complexity index is 930. The fourth-order valence-corrected chi connectivity index (χ4v) is 3.33. The molecule has 11 heteroatoms. The lowest BCUT2D eigenvalue weighted by molar-refractivity contribution is -0.113. The number of carbonyl (C=O) groups excluding carboxylic acids is 1. The third kappa shape index (κ3) is 5.65. The van der Waals surface area contributed by atoms with Crippen LogP contribution in [0.2, 0.25) is 5.02 Å². The van der Waals surface area contributed by atoms with Gasteiger partial charge in [-0.15, -0.1) is 20.4 Å². The van der Waals surface area contributed by atoms with Gasteiger partial charge in [-0.3, -0.25) is 10.1 Å². The summed E-state index contributed by atoms with van der Waals surface area (Å²) in [5.74, 6) is 0.890. The lowest BCUT2D eigenvalue weighted by atomic mass is 10.2. The van der Waals surface area contributed by atoms with E-state index >= 15 is 0 Å². The van der Waals surface area contributed by atoms with Gasteiger partial charge < -0.3 is 9.15 Å². The minimum Gasteiger partial charge on any atom is -0.484 e. The van der Waals surface area contributed by atoms with Crippen LogP contribution in [0.15, 0.2) is 27.8 Å². The van der Waals surface area contributed by atoms with Crippen molar-refractivity contribution in [3.8, 4) is 5.75 Å². The summed E-state index contributed by atoms with van der Waals surface area (Å²) in [6, 6.07) is 5.36. The molecule has 2 aromatic heterocycles. The first-order chi connectivity index (χ1) is 13.0. The number of nitrogens with zero attached hydrogens (tertiary/aromatic N) is 4. The number of carbonyl (C=O) groups is 1. The van der Waals surface area contributed by atoms with Crippen molar-refractivity contribution < 1.29 is 13.9 Å². The van der Waals surface area contributed by atoms with Crippen molar-refractivity contribution in [2.45, 2.75) is 32.1 Å². The molecule has 0 saturated heterocycles. The maximum Gasteiger partial charge on any atom is 0.277 e. The zero-order valence-corrected chi connectivity index (χ0v) is 17.0. The smallest absolute Gasteiger partial charge is 0.277 e. The summed E-state index contributed by atoms with van der Waals surface area (Å²) >= 11 is 8.47. The van der Waals surface area contributed by atoms with Crippen LogP contribution >= 0.6 is 34.7 Å². The van der Waals surface area contributed by atoms with Crippen molar-refractivity contribution in [1.82, 2.24) is 20.4 Å². The first kappa shape index (κ1) is 19.6. The lowest BCUT2D eigenvalue weighted by Crippen LogP contribution is -2.13. The Labute approximate surface area is 168 Å². The first-order valence-corrected chi connectivity index (χ1v) is 10.2. The van der Waals surface area contributed by atoms with Crippen LogP contribution in [0.3, 0.4) is 0 Å². The number of thioether (sulfide) groups is 1. The number of anilines is 1. The van der Waals surface area contributed by atoms with E-state index in [1.54, 1.807) is 12.1 Å². The normalized spacial score (nSPS) is 10.8. The molecule has 0 unspecified atom stereocenters. The van der Waals surface area contributed by atoms with Crippen LogP contribution in [0.4, 0.5) is 5.13 Å². The summed E-state index contributed by atoms with van der Waals surface area (Å²) in [5.41, 5.74) is 0.920. The molecule has 3 rings (SSSR count). The van der Waals surface area contributed by atoms with E-state index in [9.17, 15) is 4.79 Å². The van der Waals surface area contributed by atoms with Crippen LogP contribution < -0.4 is 10.1 Å². The number of hydrogen-bond acceptors (Lipinski definition) is 9. The standard InChI is InChI=1S/C16H16ClN5O3S2/c1-3-14-20-21-15(27-14)18-12(23)8-26-16-22-19-13(25-16)7-24-10-4-5-11(17)9(2)6-10/h4-6H,3,7-8H2,1-2H3,(H,18,21,23). The number of aromatic nitrogens is 4. The molecule has 0 radical (unpaired) electrons. The monoisotopic (exact) mass is 425 g/mol. The van der Waals surface area contributed by atoms with Crippen LogP contribution in [-0.4, -0.2) is 32.1 Å². The van der Waals surface area contributed by atoms with E-state index in [-0.39, 0.29) is 18.3 Å². The molecule has 0 spiro atoms. The Morgan fingerprint density at radius 3 is 2.93 bits per heavy atom. The Morgan fingerprint density at radius 1 is 1.33 bits per heavy atom. The van der Waals surface area contributed by atoms with Crippen molar-refractivity contribution in [3.63, 3.8) is 0 Å². The van der Waals surface area contributed by atoms with Crippen LogP contribution in [0.5, 0.6) is 5.75 Å². The molecule has 0 aliphatic heterocycles. The van der Waals surface area contributed by atoms with Gasteiger partial charge in [0.05, 0.1) is 5.75 Å². The maximum absolute atomic E-state index is 11.9. The van der Waals surface area contributed by atoms with Gasteiger partial charge in [-0.2, -0.15) is 0 Å². The van der Waals surface area contributed by atoms with Gasteiger partial charge in [-0.25, -0.2) is 0 Å². The molecule has 0 saturated carbocycles. The third-order valence-corrected chi connectivity index (χ3v) is 5.51.